The van der Waals surface area contributed by atoms with E-state index in [1.165, 1.54) is 0 Å². The molecule has 7 heteroatoms. The van der Waals surface area contributed by atoms with Gasteiger partial charge in [0.25, 0.3) is 5.91 Å². The van der Waals surface area contributed by atoms with Gasteiger partial charge < -0.3 is 10.2 Å². The fourth-order valence-electron chi connectivity index (χ4n) is 3.24. The van der Waals surface area contributed by atoms with Crippen LogP contribution in [-0.4, -0.2) is 51.8 Å². The summed E-state index contributed by atoms with van der Waals surface area (Å²) in [7, 11) is 0. The highest BCUT2D eigenvalue weighted by Gasteiger charge is 2.17. The zero-order valence-electron chi connectivity index (χ0n) is 14.9. The van der Waals surface area contributed by atoms with E-state index in [1.807, 2.05) is 51.9 Å². The Hall–Kier alpha value is -2.70. The van der Waals surface area contributed by atoms with Gasteiger partial charge in [-0.2, -0.15) is 0 Å². The average molecular weight is 384 g/mol. The Morgan fingerprint density at radius 2 is 1.67 bits per heavy atom. The summed E-state index contributed by atoms with van der Waals surface area (Å²) >= 11 is 0. The maximum absolute atomic E-state index is 12.9. The SMILES string of the molecule is Cl.O=C(c1cccc(-c2cccc(-n3cnnc3)c2)c1)N1CCCNCC1. The van der Waals surface area contributed by atoms with Crippen molar-refractivity contribution in [1.29, 1.82) is 0 Å². The Balaban J connectivity index is 0.00000210. The fraction of sp³-hybridized carbons (Fsp3) is 0.250. The van der Waals surface area contributed by atoms with Gasteiger partial charge in [-0.15, -0.1) is 22.6 Å². The number of carbonyl (C=O) groups excluding carboxylic acids is 1. The lowest BCUT2D eigenvalue weighted by atomic mass is 10.0. The molecular weight excluding hydrogens is 362 g/mol. The lowest BCUT2D eigenvalue weighted by molar-refractivity contribution is 0.0766. The predicted octanol–water partition coefficient (Wildman–Crippen LogP) is 2.79. The normalized spacial score (nSPS) is 14.3. The van der Waals surface area contributed by atoms with E-state index in [-0.39, 0.29) is 18.3 Å². The Morgan fingerprint density at radius 3 is 2.48 bits per heavy atom. The number of nitrogens with zero attached hydrogens (tertiary/aromatic N) is 4. The van der Waals surface area contributed by atoms with Crippen LogP contribution in [0.5, 0.6) is 0 Å². The standard InChI is InChI=1S/C20H21N5O.ClH/c26-20(24-10-3-8-21-9-11-24)18-6-1-4-16(12-18)17-5-2-7-19(13-17)25-14-22-23-15-25;/h1-2,4-7,12-15,21H,3,8-11H2;1H. The summed E-state index contributed by atoms with van der Waals surface area (Å²) in [6, 6.07) is 16.0. The number of amides is 1. The van der Waals surface area contributed by atoms with E-state index in [9.17, 15) is 4.79 Å². The maximum atomic E-state index is 12.9. The molecule has 0 unspecified atom stereocenters. The van der Waals surface area contributed by atoms with E-state index in [4.69, 9.17) is 0 Å². The molecule has 1 aromatic heterocycles. The van der Waals surface area contributed by atoms with Crippen molar-refractivity contribution >= 4 is 18.3 Å². The van der Waals surface area contributed by atoms with E-state index in [1.54, 1.807) is 12.7 Å². The molecule has 1 amide bonds. The van der Waals surface area contributed by atoms with Crippen LogP contribution >= 0.6 is 12.4 Å². The first-order chi connectivity index (χ1) is 12.8. The molecule has 1 aliphatic heterocycles. The van der Waals surface area contributed by atoms with Crippen LogP contribution in [0.1, 0.15) is 16.8 Å². The van der Waals surface area contributed by atoms with Crippen LogP contribution in [0, 0.1) is 0 Å². The number of carbonyl (C=O) groups is 1. The maximum Gasteiger partial charge on any atom is 0.253 e. The number of benzene rings is 2. The number of rotatable bonds is 3. The van der Waals surface area contributed by atoms with Crippen molar-refractivity contribution in [2.75, 3.05) is 26.2 Å². The zero-order valence-corrected chi connectivity index (χ0v) is 15.7. The third-order valence-electron chi connectivity index (χ3n) is 4.63. The molecule has 3 aromatic rings. The largest absolute Gasteiger partial charge is 0.337 e. The van der Waals surface area contributed by atoms with Crippen LogP contribution in [0.2, 0.25) is 0 Å². The minimum atomic E-state index is 0. The molecular formula is C20H22ClN5O. The van der Waals surface area contributed by atoms with Gasteiger partial charge in [0.15, 0.2) is 0 Å². The first kappa shape index (κ1) is 19.1. The molecule has 0 atom stereocenters. The summed E-state index contributed by atoms with van der Waals surface area (Å²) in [5, 5.41) is 11.0. The van der Waals surface area contributed by atoms with Crippen molar-refractivity contribution in [2.24, 2.45) is 0 Å². The molecule has 27 heavy (non-hydrogen) atoms. The number of hydrogen-bond donors (Lipinski definition) is 1. The predicted molar refractivity (Wildman–Crippen MR) is 107 cm³/mol. The molecule has 0 saturated carbocycles. The van der Waals surface area contributed by atoms with Crippen molar-refractivity contribution in [1.82, 2.24) is 25.0 Å². The average Bonchev–Trinajstić information content (AvgIpc) is 3.10. The van der Waals surface area contributed by atoms with Gasteiger partial charge in [0.1, 0.15) is 12.7 Å². The van der Waals surface area contributed by atoms with Crippen molar-refractivity contribution in [3.05, 3.63) is 66.7 Å². The molecule has 6 nitrogen and oxygen atoms in total. The molecule has 1 saturated heterocycles. The molecule has 2 aromatic carbocycles. The second-order valence-corrected chi connectivity index (χ2v) is 6.40. The molecule has 0 aliphatic carbocycles. The van der Waals surface area contributed by atoms with Gasteiger partial charge in [-0.1, -0.05) is 24.3 Å². The van der Waals surface area contributed by atoms with Gasteiger partial charge >= 0.3 is 0 Å². The van der Waals surface area contributed by atoms with E-state index in [2.05, 4.69) is 21.6 Å². The van der Waals surface area contributed by atoms with Crippen molar-refractivity contribution in [2.45, 2.75) is 6.42 Å². The van der Waals surface area contributed by atoms with E-state index in [0.717, 1.165) is 55.0 Å². The van der Waals surface area contributed by atoms with Crippen LogP contribution in [0.25, 0.3) is 16.8 Å². The first-order valence-electron chi connectivity index (χ1n) is 8.87. The monoisotopic (exact) mass is 383 g/mol. The van der Waals surface area contributed by atoms with Gasteiger partial charge in [-0.25, -0.2) is 0 Å². The smallest absolute Gasteiger partial charge is 0.253 e. The number of aromatic nitrogens is 3. The quantitative estimate of drug-likeness (QED) is 0.755. The lowest BCUT2D eigenvalue weighted by Gasteiger charge is -2.20. The second-order valence-electron chi connectivity index (χ2n) is 6.40. The summed E-state index contributed by atoms with van der Waals surface area (Å²) in [6.07, 6.45) is 4.34. The fourth-order valence-corrected chi connectivity index (χ4v) is 3.24. The summed E-state index contributed by atoms with van der Waals surface area (Å²) < 4.78 is 1.86. The zero-order chi connectivity index (χ0) is 17.8. The third-order valence-corrected chi connectivity index (χ3v) is 4.63. The summed E-state index contributed by atoms with van der Waals surface area (Å²) in [5.41, 5.74) is 3.81. The topological polar surface area (TPSA) is 63.1 Å². The van der Waals surface area contributed by atoms with Crippen LogP contribution in [0.4, 0.5) is 0 Å². The van der Waals surface area contributed by atoms with Gasteiger partial charge in [-0.05, 0) is 48.4 Å². The molecule has 1 aliphatic rings. The molecule has 0 radical (unpaired) electrons. The lowest BCUT2D eigenvalue weighted by Crippen LogP contribution is -2.34. The van der Waals surface area contributed by atoms with Crippen LogP contribution in [0.3, 0.4) is 0 Å². The third kappa shape index (κ3) is 4.35. The molecule has 1 N–H and O–H groups in total. The minimum Gasteiger partial charge on any atom is -0.337 e. The number of halogens is 1. The van der Waals surface area contributed by atoms with E-state index in [0.29, 0.717) is 0 Å². The second kappa shape index (κ2) is 8.79. The van der Waals surface area contributed by atoms with E-state index >= 15 is 0 Å². The van der Waals surface area contributed by atoms with Crippen molar-refractivity contribution in [3.8, 4) is 16.8 Å². The van der Waals surface area contributed by atoms with Crippen LogP contribution in [0.15, 0.2) is 61.2 Å². The Kier molecular flexibility index (Phi) is 6.21. The van der Waals surface area contributed by atoms with Gasteiger partial charge in [0.05, 0.1) is 0 Å². The van der Waals surface area contributed by atoms with Gasteiger partial charge in [-0.3, -0.25) is 9.36 Å². The highest BCUT2D eigenvalue weighted by atomic mass is 35.5. The minimum absolute atomic E-state index is 0. The van der Waals surface area contributed by atoms with Gasteiger partial charge in [0, 0.05) is 30.9 Å². The first-order valence-corrected chi connectivity index (χ1v) is 8.87. The molecule has 4 rings (SSSR count). The summed E-state index contributed by atoms with van der Waals surface area (Å²) in [5.74, 6) is 0.102. The Morgan fingerprint density at radius 1 is 0.926 bits per heavy atom. The molecule has 140 valence electrons. The van der Waals surface area contributed by atoms with Gasteiger partial charge in [0.2, 0.25) is 0 Å². The molecule has 0 spiro atoms. The summed E-state index contributed by atoms with van der Waals surface area (Å²) in [4.78, 5) is 14.8. The van der Waals surface area contributed by atoms with Crippen molar-refractivity contribution in [3.63, 3.8) is 0 Å². The van der Waals surface area contributed by atoms with E-state index < -0.39 is 0 Å². The Labute approximate surface area is 164 Å². The van der Waals surface area contributed by atoms with Crippen molar-refractivity contribution < 1.29 is 4.79 Å². The molecule has 1 fully saturated rings. The highest BCUT2D eigenvalue weighted by molar-refractivity contribution is 5.95. The summed E-state index contributed by atoms with van der Waals surface area (Å²) in [6.45, 7) is 3.39. The van der Waals surface area contributed by atoms with Crippen LogP contribution < -0.4 is 5.32 Å². The number of nitrogens with one attached hydrogen (secondary N) is 1. The highest BCUT2D eigenvalue weighted by Crippen LogP contribution is 2.23. The van der Waals surface area contributed by atoms with Crippen LogP contribution in [-0.2, 0) is 0 Å². The Bertz CT molecular complexity index is 889. The molecule has 0 bridgehead atoms. The number of hydrogen-bond acceptors (Lipinski definition) is 4. The molecule has 2 heterocycles.